The fourth-order valence-electron chi connectivity index (χ4n) is 3.28. The van der Waals surface area contributed by atoms with E-state index >= 15 is 0 Å². The first-order valence-electron chi connectivity index (χ1n) is 8.00. The average Bonchev–Trinajstić information content (AvgIpc) is 2.50. The Kier molecular flexibility index (Phi) is 4.36. The smallest absolute Gasteiger partial charge is 0.125 e. The Morgan fingerprint density at radius 2 is 2.10 bits per heavy atom. The molecule has 4 nitrogen and oxygen atoms in total. The lowest BCUT2D eigenvalue weighted by molar-refractivity contribution is -0.00987. The number of piperidine rings is 1. The van der Waals surface area contributed by atoms with E-state index in [2.05, 4.69) is 11.8 Å². The minimum absolute atomic E-state index is 0.0573. The summed E-state index contributed by atoms with van der Waals surface area (Å²) < 4.78 is 11.4. The minimum atomic E-state index is -0.498. The van der Waals surface area contributed by atoms with Gasteiger partial charge in [0.05, 0.1) is 12.6 Å². The number of ether oxygens (including phenoxy) is 2. The molecule has 0 amide bonds. The van der Waals surface area contributed by atoms with Crippen LogP contribution < -0.4 is 9.47 Å². The van der Waals surface area contributed by atoms with E-state index in [4.69, 9.17) is 9.47 Å². The van der Waals surface area contributed by atoms with Gasteiger partial charge in [-0.25, -0.2) is 0 Å². The number of hydrogen-bond acceptors (Lipinski definition) is 4. The van der Waals surface area contributed by atoms with Crippen LogP contribution >= 0.6 is 0 Å². The Morgan fingerprint density at radius 3 is 2.81 bits per heavy atom. The zero-order valence-electron chi connectivity index (χ0n) is 12.9. The summed E-state index contributed by atoms with van der Waals surface area (Å²) in [7, 11) is 0. The van der Waals surface area contributed by atoms with E-state index in [1.165, 1.54) is 12.8 Å². The third-order valence-electron chi connectivity index (χ3n) is 4.67. The lowest BCUT2D eigenvalue weighted by Gasteiger charge is -2.41. The Morgan fingerprint density at radius 1 is 1.33 bits per heavy atom. The number of nitrogens with zero attached hydrogens (tertiary/aromatic N) is 1. The minimum Gasteiger partial charge on any atom is -0.494 e. The summed E-state index contributed by atoms with van der Waals surface area (Å²) in [6, 6.07) is 5.78. The van der Waals surface area contributed by atoms with Gasteiger partial charge in [0, 0.05) is 5.56 Å². The van der Waals surface area contributed by atoms with Crippen LogP contribution in [0.2, 0.25) is 0 Å². The highest BCUT2D eigenvalue weighted by atomic mass is 16.5. The maximum absolute atomic E-state index is 10.8. The van der Waals surface area contributed by atoms with Crippen LogP contribution in [0.1, 0.15) is 38.4 Å². The van der Waals surface area contributed by atoms with Gasteiger partial charge in [-0.15, -0.1) is 0 Å². The van der Waals surface area contributed by atoms with Crippen molar-refractivity contribution < 1.29 is 14.6 Å². The van der Waals surface area contributed by atoms with Gasteiger partial charge in [0.2, 0.25) is 0 Å². The van der Waals surface area contributed by atoms with Crippen LogP contribution in [-0.2, 0) is 0 Å². The molecule has 21 heavy (non-hydrogen) atoms. The lowest BCUT2D eigenvalue weighted by atomic mass is 9.93. The molecular weight excluding hydrogens is 266 g/mol. The number of fused-ring (bicyclic) bond motifs is 1. The summed E-state index contributed by atoms with van der Waals surface area (Å²) in [6.07, 6.45) is 1.91. The normalized spacial score (nSPS) is 27.0. The molecule has 1 aromatic rings. The average molecular weight is 291 g/mol. The first kappa shape index (κ1) is 14.7. The first-order chi connectivity index (χ1) is 10.2. The highest BCUT2D eigenvalue weighted by Gasteiger charge is 2.35. The molecule has 0 aliphatic carbocycles. The fraction of sp³-hybridized carbons (Fsp3) is 0.647. The van der Waals surface area contributed by atoms with Crippen molar-refractivity contribution in [3.63, 3.8) is 0 Å². The van der Waals surface area contributed by atoms with Crippen molar-refractivity contribution in [3.05, 3.63) is 23.8 Å². The Labute approximate surface area is 126 Å². The van der Waals surface area contributed by atoms with Crippen molar-refractivity contribution in [2.75, 3.05) is 26.3 Å². The topological polar surface area (TPSA) is 41.9 Å². The van der Waals surface area contributed by atoms with Crippen LogP contribution in [0.5, 0.6) is 11.5 Å². The second kappa shape index (κ2) is 6.24. The predicted molar refractivity (Wildman–Crippen MR) is 81.8 cm³/mol. The molecule has 4 heteroatoms. The third-order valence-corrected chi connectivity index (χ3v) is 4.67. The maximum Gasteiger partial charge on any atom is 0.125 e. The van der Waals surface area contributed by atoms with Crippen LogP contribution in [0.4, 0.5) is 0 Å². The third kappa shape index (κ3) is 3.01. The first-order valence-corrected chi connectivity index (χ1v) is 8.00. The van der Waals surface area contributed by atoms with Gasteiger partial charge < -0.3 is 14.6 Å². The molecule has 3 rings (SSSR count). The highest BCUT2D eigenvalue weighted by Crippen LogP contribution is 2.37. The summed E-state index contributed by atoms with van der Waals surface area (Å²) in [5.74, 6) is 2.37. The summed E-state index contributed by atoms with van der Waals surface area (Å²) >= 11 is 0. The standard InChI is InChI=1S/C17H25NO3/c1-3-20-13-4-5-16-14(10-13)17(19)15(11-21-16)18-8-6-12(2)7-9-18/h4-5,10,12,15,17,19H,3,6-9,11H2,1-2H3. The van der Waals surface area contributed by atoms with E-state index in [0.29, 0.717) is 13.2 Å². The van der Waals surface area contributed by atoms with E-state index in [-0.39, 0.29) is 6.04 Å². The summed E-state index contributed by atoms with van der Waals surface area (Å²) in [5, 5.41) is 10.8. The zero-order valence-corrected chi connectivity index (χ0v) is 12.9. The fourth-order valence-corrected chi connectivity index (χ4v) is 3.28. The van der Waals surface area contributed by atoms with Crippen LogP contribution in [-0.4, -0.2) is 42.4 Å². The van der Waals surface area contributed by atoms with Crippen molar-refractivity contribution in [2.24, 2.45) is 5.92 Å². The van der Waals surface area contributed by atoms with Gasteiger partial charge in [-0.3, -0.25) is 4.90 Å². The van der Waals surface area contributed by atoms with Gasteiger partial charge >= 0.3 is 0 Å². The van der Waals surface area contributed by atoms with Crippen molar-refractivity contribution in [1.29, 1.82) is 0 Å². The quantitative estimate of drug-likeness (QED) is 0.929. The molecule has 1 aromatic carbocycles. The van der Waals surface area contributed by atoms with Gasteiger partial charge in [-0.05, 0) is 57.0 Å². The van der Waals surface area contributed by atoms with Crippen molar-refractivity contribution in [3.8, 4) is 11.5 Å². The molecule has 1 fully saturated rings. The molecule has 0 aromatic heterocycles. The molecule has 1 saturated heterocycles. The van der Waals surface area contributed by atoms with Gasteiger partial charge in [0.1, 0.15) is 24.2 Å². The summed E-state index contributed by atoms with van der Waals surface area (Å²) in [6.45, 7) is 7.55. The molecule has 1 N–H and O–H groups in total. The van der Waals surface area contributed by atoms with Gasteiger partial charge in [-0.2, -0.15) is 0 Å². The van der Waals surface area contributed by atoms with Gasteiger partial charge in [-0.1, -0.05) is 6.92 Å². The molecule has 116 valence electrons. The molecule has 2 aliphatic heterocycles. The predicted octanol–water partition coefficient (Wildman–Crippen LogP) is 2.61. The second-order valence-corrected chi connectivity index (χ2v) is 6.17. The van der Waals surface area contributed by atoms with Crippen LogP contribution in [0.15, 0.2) is 18.2 Å². The largest absolute Gasteiger partial charge is 0.494 e. The maximum atomic E-state index is 10.8. The van der Waals surface area contributed by atoms with Crippen molar-refractivity contribution in [1.82, 2.24) is 4.90 Å². The number of aliphatic hydroxyl groups is 1. The lowest BCUT2D eigenvalue weighted by Crippen LogP contribution is -2.49. The number of rotatable bonds is 3. The second-order valence-electron chi connectivity index (χ2n) is 6.17. The summed E-state index contributed by atoms with van der Waals surface area (Å²) in [4.78, 5) is 2.38. The van der Waals surface area contributed by atoms with Gasteiger partial charge in [0.15, 0.2) is 0 Å². The molecule has 0 saturated carbocycles. The molecule has 0 bridgehead atoms. The SMILES string of the molecule is CCOc1ccc2c(c1)C(O)C(N1CCC(C)CC1)CO2. The van der Waals surface area contributed by atoms with E-state index in [0.717, 1.165) is 36.1 Å². The monoisotopic (exact) mass is 291 g/mol. The zero-order chi connectivity index (χ0) is 14.8. The van der Waals surface area contributed by atoms with E-state index in [1.807, 2.05) is 25.1 Å². The molecule has 0 radical (unpaired) electrons. The van der Waals surface area contributed by atoms with Crippen molar-refractivity contribution in [2.45, 2.75) is 38.8 Å². The van der Waals surface area contributed by atoms with E-state index in [9.17, 15) is 5.11 Å². The number of likely N-dealkylation sites (tertiary alicyclic amines) is 1. The van der Waals surface area contributed by atoms with E-state index < -0.39 is 6.10 Å². The number of aliphatic hydroxyl groups excluding tert-OH is 1. The van der Waals surface area contributed by atoms with E-state index in [1.54, 1.807) is 0 Å². The Bertz CT molecular complexity index is 483. The highest BCUT2D eigenvalue weighted by molar-refractivity contribution is 5.43. The number of benzene rings is 1. The molecule has 2 aliphatic rings. The van der Waals surface area contributed by atoms with Crippen LogP contribution in [0.3, 0.4) is 0 Å². The summed E-state index contributed by atoms with van der Waals surface area (Å²) in [5.41, 5.74) is 0.857. The molecule has 2 heterocycles. The Balaban J connectivity index is 1.77. The molecular formula is C17H25NO3. The molecule has 0 spiro atoms. The Hall–Kier alpha value is -1.26. The number of hydrogen-bond donors (Lipinski definition) is 1. The van der Waals surface area contributed by atoms with Crippen molar-refractivity contribution >= 4 is 0 Å². The van der Waals surface area contributed by atoms with Gasteiger partial charge in [0.25, 0.3) is 0 Å². The van der Waals surface area contributed by atoms with Crippen LogP contribution in [0, 0.1) is 5.92 Å². The molecule has 2 atom stereocenters. The van der Waals surface area contributed by atoms with Crippen LogP contribution in [0.25, 0.3) is 0 Å². The molecule has 2 unspecified atom stereocenters.